The fourth-order valence-electron chi connectivity index (χ4n) is 3.93. The van der Waals surface area contributed by atoms with Crippen LogP contribution in [0.5, 0.6) is 0 Å². The van der Waals surface area contributed by atoms with Gasteiger partial charge in [-0.3, -0.25) is 9.78 Å². The number of rotatable bonds is 2. The van der Waals surface area contributed by atoms with Gasteiger partial charge in [-0.2, -0.15) is 0 Å². The summed E-state index contributed by atoms with van der Waals surface area (Å²) in [7, 11) is 0. The van der Waals surface area contributed by atoms with Gasteiger partial charge < -0.3 is 4.98 Å². The SMILES string of the molecule is Cc1cccc(F)c1C1CCC(c2cc3nccnc3[nH]c2=O)C1. The second kappa shape index (κ2) is 5.82. The van der Waals surface area contributed by atoms with Gasteiger partial charge in [0.05, 0.1) is 0 Å². The normalized spacial score (nSPS) is 20.6. The van der Waals surface area contributed by atoms with Crippen molar-refractivity contribution in [3.63, 3.8) is 0 Å². The Labute approximate surface area is 138 Å². The van der Waals surface area contributed by atoms with E-state index in [0.717, 1.165) is 36.0 Å². The molecule has 1 aliphatic carbocycles. The van der Waals surface area contributed by atoms with Gasteiger partial charge in [-0.05, 0) is 61.3 Å². The maximum Gasteiger partial charge on any atom is 0.253 e. The molecule has 0 radical (unpaired) electrons. The molecule has 4 rings (SSSR count). The van der Waals surface area contributed by atoms with Crippen molar-refractivity contribution in [3.8, 4) is 0 Å². The van der Waals surface area contributed by atoms with Gasteiger partial charge in [-0.25, -0.2) is 9.37 Å². The van der Waals surface area contributed by atoms with Crippen LogP contribution in [-0.2, 0) is 0 Å². The predicted molar refractivity (Wildman–Crippen MR) is 90.6 cm³/mol. The lowest BCUT2D eigenvalue weighted by atomic mass is 9.90. The number of aromatic amines is 1. The third-order valence-corrected chi connectivity index (χ3v) is 5.06. The molecule has 0 spiro atoms. The lowest BCUT2D eigenvalue weighted by molar-refractivity contribution is 0.573. The zero-order valence-electron chi connectivity index (χ0n) is 13.4. The van der Waals surface area contributed by atoms with Crippen molar-refractivity contribution in [2.24, 2.45) is 0 Å². The Balaban J connectivity index is 1.68. The Morgan fingerprint density at radius 3 is 2.79 bits per heavy atom. The van der Waals surface area contributed by atoms with Crippen LogP contribution in [0.2, 0.25) is 0 Å². The van der Waals surface area contributed by atoms with E-state index in [1.807, 2.05) is 19.1 Å². The van der Waals surface area contributed by atoms with E-state index in [1.165, 1.54) is 6.07 Å². The van der Waals surface area contributed by atoms with E-state index < -0.39 is 0 Å². The molecule has 24 heavy (non-hydrogen) atoms. The number of pyridine rings is 1. The van der Waals surface area contributed by atoms with Gasteiger partial charge in [-0.1, -0.05) is 12.1 Å². The molecule has 5 heteroatoms. The molecule has 1 aliphatic rings. The van der Waals surface area contributed by atoms with Crippen molar-refractivity contribution in [1.82, 2.24) is 15.0 Å². The number of hydrogen-bond donors (Lipinski definition) is 1. The molecule has 2 atom stereocenters. The van der Waals surface area contributed by atoms with Crippen LogP contribution in [-0.4, -0.2) is 15.0 Å². The molecule has 1 aromatic carbocycles. The van der Waals surface area contributed by atoms with E-state index in [9.17, 15) is 9.18 Å². The van der Waals surface area contributed by atoms with Gasteiger partial charge in [-0.15, -0.1) is 0 Å². The molecule has 0 bridgehead atoms. The molecule has 0 aliphatic heterocycles. The first kappa shape index (κ1) is 15.0. The van der Waals surface area contributed by atoms with Gasteiger partial charge in [0.1, 0.15) is 11.3 Å². The summed E-state index contributed by atoms with van der Waals surface area (Å²) in [5.41, 5.74) is 3.61. The van der Waals surface area contributed by atoms with Crippen LogP contribution in [0.1, 0.15) is 47.8 Å². The molecular weight excluding hydrogens is 305 g/mol. The maximum absolute atomic E-state index is 14.2. The smallest absolute Gasteiger partial charge is 0.253 e. The first-order chi connectivity index (χ1) is 11.6. The Hall–Kier alpha value is -2.56. The van der Waals surface area contributed by atoms with E-state index in [-0.39, 0.29) is 23.2 Å². The van der Waals surface area contributed by atoms with Crippen LogP contribution in [0.4, 0.5) is 4.39 Å². The third kappa shape index (κ3) is 2.50. The second-order valence-electron chi connectivity index (χ2n) is 6.52. The van der Waals surface area contributed by atoms with Crippen molar-refractivity contribution in [2.75, 3.05) is 0 Å². The summed E-state index contributed by atoms with van der Waals surface area (Å²) < 4.78 is 14.2. The minimum Gasteiger partial charge on any atom is -0.305 e. The van der Waals surface area contributed by atoms with E-state index in [1.54, 1.807) is 18.5 Å². The molecule has 0 amide bonds. The molecule has 2 unspecified atom stereocenters. The van der Waals surface area contributed by atoms with Crippen molar-refractivity contribution in [2.45, 2.75) is 38.0 Å². The average molecular weight is 323 g/mol. The van der Waals surface area contributed by atoms with Gasteiger partial charge in [0.25, 0.3) is 5.56 Å². The number of nitrogens with zero attached hydrogens (tertiary/aromatic N) is 2. The number of halogens is 1. The number of aryl methyl sites for hydroxylation is 1. The predicted octanol–water partition coefficient (Wildman–Crippen LogP) is 3.82. The molecule has 3 aromatic rings. The molecule has 2 heterocycles. The Bertz CT molecular complexity index is 946. The van der Waals surface area contributed by atoms with Gasteiger partial charge in [0.2, 0.25) is 0 Å². The Morgan fingerprint density at radius 2 is 1.96 bits per heavy atom. The molecule has 1 N–H and O–H groups in total. The second-order valence-corrected chi connectivity index (χ2v) is 6.52. The van der Waals surface area contributed by atoms with Gasteiger partial charge in [0, 0.05) is 18.0 Å². The van der Waals surface area contributed by atoms with Gasteiger partial charge in [0.15, 0.2) is 5.65 Å². The quantitative estimate of drug-likeness (QED) is 0.780. The first-order valence-corrected chi connectivity index (χ1v) is 8.22. The van der Waals surface area contributed by atoms with E-state index in [4.69, 9.17) is 0 Å². The molecule has 2 aromatic heterocycles. The number of aromatic nitrogens is 3. The number of hydrogen-bond acceptors (Lipinski definition) is 3. The Morgan fingerprint density at radius 1 is 1.17 bits per heavy atom. The molecule has 1 saturated carbocycles. The highest BCUT2D eigenvalue weighted by atomic mass is 19.1. The summed E-state index contributed by atoms with van der Waals surface area (Å²) in [6.07, 6.45) is 5.74. The maximum atomic E-state index is 14.2. The molecule has 1 fully saturated rings. The average Bonchev–Trinajstić information content (AvgIpc) is 3.03. The molecule has 122 valence electrons. The molecule has 4 nitrogen and oxygen atoms in total. The summed E-state index contributed by atoms with van der Waals surface area (Å²) in [6, 6.07) is 7.05. The number of fused-ring (bicyclic) bond motifs is 1. The fourth-order valence-corrected chi connectivity index (χ4v) is 3.93. The standard InChI is InChI=1S/C19H18FN3O/c1-11-3-2-4-15(20)17(11)13-6-5-12(9-13)14-10-16-18(23-19(14)24)22-8-7-21-16/h2-4,7-8,10,12-13H,5-6,9H2,1H3,(H,22,23,24). The number of H-pyrrole nitrogens is 1. The lowest BCUT2D eigenvalue weighted by Crippen LogP contribution is -2.16. The third-order valence-electron chi connectivity index (χ3n) is 5.06. The van der Waals surface area contributed by atoms with E-state index >= 15 is 0 Å². The van der Waals surface area contributed by atoms with E-state index in [0.29, 0.717) is 11.2 Å². The highest BCUT2D eigenvalue weighted by Gasteiger charge is 2.31. The van der Waals surface area contributed by atoms with Crippen molar-refractivity contribution in [3.05, 3.63) is 69.5 Å². The highest BCUT2D eigenvalue weighted by molar-refractivity contribution is 5.69. The summed E-state index contributed by atoms with van der Waals surface area (Å²) in [5, 5.41) is 0. The minimum atomic E-state index is -0.140. The molecular formula is C19H18FN3O. The van der Waals surface area contributed by atoms with Crippen LogP contribution in [0.25, 0.3) is 11.2 Å². The van der Waals surface area contributed by atoms with Crippen LogP contribution in [0, 0.1) is 12.7 Å². The van der Waals surface area contributed by atoms with Crippen LogP contribution >= 0.6 is 0 Å². The zero-order valence-corrected chi connectivity index (χ0v) is 13.4. The van der Waals surface area contributed by atoms with Crippen LogP contribution in [0.15, 0.2) is 41.5 Å². The monoisotopic (exact) mass is 323 g/mol. The lowest BCUT2D eigenvalue weighted by Gasteiger charge is -2.15. The van der Waals surface area contributed by atoms with Crippen molar-refractivity contribution < 1.29 is 4.39 Å². The first-order valence-electron chi connectivity index (χ1n) is 8.22. The van der Waals surface area contributed by atoms with Crippen LogP contribution < -0.4 is 5.56 Å². The van der Waals surface area contributed by atoms with Crippen molar-refractivity contribution >= 4 is 11.2 Å². The van der Waals surface area contributed by atoms with Crippen LogP contribution in [0.3, 0.4) is 0 Å². The Kier molecular flexibility index (Phi) is 3.63. The fraction of sp³-hybridized carbons (Fsp3) is 0.316. The zero-order chi connectivity index (χ0) is 16.7. The summed E-state index contributed by atoms with van der Waals surface area (Å²) in [5.74, 6) is 0.149. The van der Waals surface area contributed by atoms with Gasteiger partial charge >= 0.3 is 0 Å². The number of nitrogens with one attached hydrogen (secondary N) is 1. The topological polar surface area (TPSA) is 58.6 Å². The summed E-state index contributed by atoms with van der Waals surface area (Å²) >= 11 is 0. The highest BCUT2D eigenvalue weighted by Crippen LogP contribution is 2.44. The summed E-state index contributed by atoms with van der Waals surface area (Å²) in [6.45, 7) is 1.95. The minimum absolute atomic E-state index is 0.112. The molecule has 0 saturated heterocycles. The number of benzene rings is 1. The largest absolute Gasteiger partial charge is 0.305 e. The van der Waals surface area contributed by atoms with Crippen molar-refractivity contribution in [1.29, 1.82) is 0 Å². The summed E-state index contributed by atoms with van der Waals surface area (Å²) in [4.78, 5) is 23.6. The van der Waals surface area contributed by atoms with E-state index in [2.05, 4.69) is 15.0 Å².